The summed E-state index contributed by atoms with van der Waals surface area (Å²) < 4.78 is 49.9. The van der Waals surface area contributed by atoms with Crippen molar-refractivity contribution in [2.45, 2.75) is 23.8 Å². The van der Waals surface area contributed by atoms with Gasteiger partial charge < -0.3 is 0 Å². The minimum atomic E-state index is -3.99. The number of aromatic nitrogens is 1. The molecule has 1 aliphatic rings. The van der Waals surface area contributed by atoms with Crippen molar-refractivity contribution in [1.82, 2.24) is 9.71 Å². The molecule has 1 aromatic heterocycles. The number of pyridine rings is 1. The van der Waals surface area contributed by atoms with Gasteiger partial charge in [-0.1, -0.05) is 0 Å². The molecule has 1 atom stereocenters. The highest BCUT2D eigenvalue weighted by atomic mass is 32.2. The van der Waals surface area contributed by atoms with Crippen LogP contribution in [0.5, 0.6) is 0 Å². The van der Waals surface area contributed by atoms with E-state index in [1.54, 1.807) is 6.07 Å². The number of sulfonamides is 1. The standard InChI is InChI=1S/C11H13N3O4S2/c1-11(4-6-19(15,16)8-11)14-20(17,18)10-3-2-5-13-9(10)7-12/h2-3,5,14H,4,6,8H2,1H3. The zero-order chi connectivity index (χ0) is 15.0. The van der Waals surface area contributed by atoms with Crippen LogP contribution in [-0.2, 0) is 19.9 Å². The Hall–Kier alpha value is -1.50. The largest absolute Gasteiger partial charge is 0.244 e. The number of rotatable bonds is 3. The summed E-state index contributed by atoms with van der Waals surface area (Å²) in [5.74, 6) is -0.300. The van der Waals surface area contributed by atoms with Gasteiger partial charge >= 0.3 is 0 Å². The molecule has 0 aromatic carbocycles. The maximum atomic E-state index is 12.3. The van der Waals surface area contributed by atoms with Crippen LogP contribution in [0.2, 0.25) is 0 Å². The van der Waals surface area contributed by atoms with Crippen molar-refractivity contribution in [1.29, 1.82) is 5.26 Å². The molecule has 0 saturated carbocycles. The molecule has 20 heavy (non-hydrogen) atoms. The Morgan fingerprint density at radius 2 is 2.20 bits per heavy atom. The van der Waals surface area contributed by atoms with Crippen LogP contribution in [0.3, 0.4) is 0 Å². The molecule has 0 aliphatic carbocycles. The second kappa shape index (κ2) is 4.80. The predicted octanol–water partition coefficient (Wildman–Crippen LogP) is -0.191. The Labute approximate surface area is 117 Å². The van der Waals surface area contributed by atoms with Crippen LogP contribution in [0.25, 0.3) is 0 Å². The quantitative estimate of drug-likeness (QED) is 0.826. The lowest BCUT2D eigenvalue weighted by Crippen LogP contribution is -2.46. The molecule has 1 N–H and O–H groups in total. The summed E-state index contributed by atoms with van der Waals surface area (Å²) in [6.07, 6.45) is 1.52. The molecule has 1 aliphatic heterocycles. The average molecular weight is 315 g/mol. The minimum absolute atomic E-state index is 0.0514. The second-order valence-corrected chi connectivity index (χ2v) is 8.81. The third kappa shape index (κ3) is 2.98. The van der Waals surface area contributed by atoms with Crippen molar-refractivity contribution < 1.29 is 16.8 Å². The lowest BCUT2D eigenvalue weighted by atomic mass is 10.0. The maximum absolute atomic E-state index is 12.3. The summed E-state index contributed by atoms with van der Waals surface area (Å²) in [7, 11) is -7.23. The molecule has 1 unspecified atom stereocenters. The van der Waals surface area contributed by atoms with Crippen molar-refractivity contribution >= 4 is 19.9 Å². The number of sulfone groups is 1. The summed E-state index contributed by atoms with van der Waals surface area (Å²) in [4.78, 5) is 3.45. The van der Waals surface area contributed by atoms with Gasteiger partial charge in [-0.25, -0.2) is 26.5 Å². The first-order valence-electron chi connectivity index (χ1n) is 5.77. The fraction of sp³-hybridized carbons (Fsp3) is 0.455. The highest BCUT2D eigenvalue weighted by molar-refractivity contribution is 7.92. The normalized spacial score (nSPS) is 25.2. The fourth-order valence-corrected chi connectivity index (χ4v) is 5.89. The van der Waals surface area contributed by atoms with Crippen molar-refractivity contribution in [3.8, 4) is 6.07 Å². The van der Waals surface area contributed by atoms with Gasteiger partial charge in [-0.2, -0.15) is 5.26 Å². The van der Waals surface area contributed by atoms with Gasteiger partial charge in [-0.15, -0.1) is 0 Å². The topological polar surface area (TPSA) is 117 Å². The molecular weight excluding hydrogens is 302 g/mol. The summed E-state index contributed by atoms with van der Waals surface area (Å²) in [5, 5.41) is 8.89. The van der Waals surface area contributed by atoms with Crippen LogP contribution in [0, 0.1) is 11.3 Å². The van der Waals surface area contributed by atoms with Gasteiger partial charge in [0, 0.05) is 11.7 Å². The number of hydrogen-bond donors (Lipinski definition) is 1. The van der Waals surface area contributed by atoms with Crippen LogP contribution >= 0.6 is 0 Å². The lowest BCUT2D eigenvalue weighted by Gasteiger charge is -2.23. The van der Waals surface area contributed by atoms with Crippen molar-refractivity contribution in [3.63, 3.8) is 0 Å². The van der Waals surface area contributed by atoms with Gasteiger partial charge in [0.05, 0.1) is 11.5 Å². The molecule has 0 spiro atoms. The summed E-state index contributed by atoms with van der Waals surface area (Å²) >= 11 is 0. The Bertz CT molecular complexity index is 780. The number of nitrogens with zero attached hydrogens (tertiary/aromatic N) is 2. The van der Waals surface area contributed by atoms with Crippen LogP contribution in [0.4, 0.5) is 0 Å². The van der Waals surface area contributed by atoms with Gasteiger partial charge in [-0.3, -0.25) is 0 Å². The first-order valence-corrected chi connectivity index (χ1v) is 9.07. The second-order valence-electron chi connectivity index (χ2n) is 4.97. The number of nitriles is 1. The summed E-state index contributed by atoms with van der Waals surface area (Å²) in [5.41, 5.74) is -1.27. The van der Waals surface area contributed by atoms with E-state index in [1.807, 2.05) is 0 Å². The van der Waals surface area contributed by atoms with E-state index in [-0.39, 0.29) is 28.5 Å². The SMILES string of the molecule is CC1(NS(=O)(=O)c2cccnc2C#N)CCS(=O)(=O)C1. The van der Waals surface area contributed by atoms with Gasteiger partial charge in [0.2, 0.25) is 10.0 Å². The van der Waals surface area contributed by atoms with E-state index >= 15 is 0 Å². The highest BCUT2D eigenvalue weighted by Gasteiger charge is 2.41. The van der Waals surface area contributed by atoms with Gasteiger partial charge in [0.15, 0.2) is 15.5 Å². The molecule has 0 bridgehead atoms. The first kappa shape index (κ1) is 14.9. The molecule has 1 aromatic rings. The Kier molecular flexibility index (Phi) is 3.58. The van der Waals surface area contributed by atoms with Crippen molar-refractivity contribution in [3.05, 3.63) is 24.0 Å². The monoisotopic (exact) mass is 315 g/mol. The molecule has 1 fully saturated rings. The Balaban J connectivity index is 2.36. The summed E-state index contributed by atoms with van der Waals surface area (Å²) in [6.45, 7) is 1.54. The Morgan fingerprint density at radius 1 is 1.50 bits per heavy atom. The Morgan fingerprint density at radius 3 is 2.75 bits per heavy atom. The number of hydrogen-bond acceptors (Lipinski definition) is 6. The van der Waals surface area contributed by atoms with Crippen LogP contribution in [0.1, 0.15) is 19.0 Å². The van der Waals surface area contributed by atoms with Gasteiger partial charge in [-0.05, 0) is 25.5 Å². The van der Waals surface area contributed by atoms with E-state index in [1.165, 1.54) is 25.3 Å². The first-order chi connectivity index (χ1) is 9.18. The van der Waals surface area contributed by atoms with E-state index < -0.39 is 25.4 Å². The molecule has 2 heterocycles. The lowest BCUT2D eigenvalue weighted by molar-refractivity contribution is 0.461. The zero-order valence-corrected chi connectivity index (χ0v) is 12.3. The van der Waals surface area contributed by atoms with E-state index in [0.717, 1.165) is 0 Å². The molecule has 2 rings (SSSR count). The van der Waals surface area contributed by atoms with E-state index in [0.29, 0.717) is 0 Å². The fourth-order valence-electron chi connectivity index (χ4n) is 2.16. The summed E-state index contributed by atoms with van der Waals surface area (Å²) in [6, 6.07) is 4.38. The smallest absolute Gasteiger partial charge is 0.243 e. The van der Waals surface area contributed by atoms with E-state index in [2.05, 4.69) is 9.71 Å². The molecule has 0 radical (unpaired) electrons. The van der Waals surface area contributed by atoms with Crippen LogP contribution in [-0.4, -0.2) is 38.9 Å². The average Bonchev–Trinajstić information content (AvgIpc) is 2.62. The van der Waals surface area contributed by atoms with Crippen LogP contribution in [0.15, 0.2) is 23.2 Å². The maximum Gasteiger partial charge on any atom is 0.243 e. The molecule has 108 valence electrons. The third-order valence-electron chi connectivity index (χ3n) is 3.05. The number of nitrogens with one attached hydrogen (secondary N) is 1. The molecule has 9 heteroatoms. The van der Waals surface area contributed by atoms with Crippen molar-refractivity contribution in [2.24, 2.45) is 0 Å². The zero-order valence-electron chi connectivity index (χ0n) is 10.7. The van der Waals surface area contributed by atoms with E-state index in [4.69, 9.17) is 5.26 Å². The third-order valence-corrected chi connectivity index (χ3v) is 6.62. The molecular formula is C11H13N3O4S2. The predicted molar refractivity (Wildman–Crippen MR) is 70.9 cm³/mol. The molecule has 7 nitrogen and oxygen atoms in total. The molecule has 0 amide bonds. The molecule has 1 saturated heterocycles. The van der Waals surface area contributed by atoms with E-state index in [9.17, 15) is 16.8 Å². The highest BCUT2D eigenvalue weighted by Crippen LogP contribution is 2.25. The van der Waals surface area contributed by atoms with Crippen LogP contribution < -0.4 is 4.72 Å². The van der Waals surface area contributed by atoms with Gasteiger partial charge in [0.25, 0.3) is 0 Å². The van der Waals surface area contributed by atoms with Gasteiger partial charge in [0.1, 0.15) is 11.0 Å². The minimum Gasteiger partial charge on any atom is -0.244 e. The van der Waals surface area contributed by atoms with Crippen molar-refractivity contribution in [2.75, 3.05) is 11.5 Å².